The van der Waals surface area contributed by atoms with Gasteiger partial charge in [0.15, 0.2) is 0 Å². The molecule has 0 fully saturated rings. The zero-order valence-electron chi connectivity index (χ0n) is 12.2. The molecule has 0 unspecified atom stereocenters. The van der Waals surface area contributed by atoms with E-state index in [1.54, 1.807) is 0 Å². The summed E-state index contributed by atoms with van der Waals surface area (Å²) in [5.74, 6) is -0.799. The first-order valence-electron chi connectivity index (χ1n) is 6.78. The van der Waals surface area contributed by atoms with Gasteiger partial charge in [0.25, 0.3) is 0 Å². The third-order valence-electron chi connectivity index (χ3n) is 3.39. The zero-order valence-corrected chi connectivity index (χ0v) is 12.2. The highest BCUT2D eigenvalue weighted by atomic mass is 16.4. The number of benzene rings is 2. The van der Waals surface area contributed by atoms with Crippen LogP contribution in [0.4, 0.5) is 0 Å². The van der Waals surface area contributed by atoms with Gasteiger partial charge in [-0.1, -0.05) is 69.3 Å². The first-order chi connectivity index (χ1) is 9.36. The molecule has 20 heavy (non-hydrogen) atoms. The molecule has 0 saturated carbocycles. The van der Waals surface area contributed by atoms with Crippen LogP contribution in [-0.4, -0.2) is 11.1 Å². The smallest absolute Gasteiger partial charge is 0.307 e. The highest BCUT2D eigenvalue weighted by Crippen LogP contribution is 2.26. The molecular weight excluding hydrogens is 248 g/mol. The highest BCUT2D eigenvalue weighted by Gasteiger charge is 2.13. The van der Waals surface area contributed by atoms with Crippen molar-refractivity contribution in [2.45, 2.75) is 32.6 Å². The predicted octanol–water partition coefficient (Wildman–Crippen LogP) is 4.28. The molecule has 1 N–H and O–H groups in total. The number of hydrogen-bond acceptors (Lipinski definition) is 1. The minimum atomic E-state index is -0.799. The van der Waals surface area contributed by atoms with Crippen molar-refractivity contribution in [2.24, 2.45) is 0 Å². The fraction of sp³-hybridized carbons (Fsp3) is 0.278. The van der Waals surface area contributed by atoms with Crippen molar-refractivity contribution >= 4 is 5.97 Å². The van der Waals surface area contributed by atoms with Gasteiger partial charge in [-0.3, -0.25) is 4.79 Å². The fourth-order valence-electron chi connectivity index (χ4n) is 2.15. The third-order valence-corrected chi connectivity index (χ3v) is 3.39. The standard InChI is InChI=1S/C18H20O2/c1-18(2,3)16-10-8-15(9-11-16)14-6-4-13(5-7-14)12-17(19)20/h4-11H,12H2,1-3H3,(H,19,20). The fourth-order valence-corrected chi connectivity index (χ4v) is 2.15. The summed E-state index contributed by atoms with van der Waals surface area (Å²) in [4.78, 5) is 10.7. The van der Waals surface area contributed by atoms with Gasteiger partial charge in [-0.15, -0.1) is 0 Å². The number of aliphatic carboxylic acids is 1. The van der Waals surface area contributed by atoms with Crippen LogP contribution in [-0.2, 0) is 16.6 Å². The number of carbonyl (C=O) groups is 1. The number of hydrogen-bond donors (Lipinski definition) is 1. The topological polar surface area (TPSA) is 37.3 Å². The number of rotatable bonds is 3. The molecule has 0 bridgehead atoms. The van der Waals surface area contributed by atoms with Crippen LogP contribution in [0.2, 0.25) is 0 Å². The molecule has 0 aliphatic rings. The van der Waals surface area contributed by atoms with E-state index in [0.717, 1.165) is 16.7 Å². The SMILES string of the molecule is CC(C)(C)c1ccc(-c2ccc(CC(=O)O)cc2)cc1. The lowest BCUT2D eigenvalue weighted by Gasteiger charge is -2.19. The van der Waals surface area contributed by atoms with E-state index in [4.69, 9.17) is 5.11 Å². The summed E-state index contributed by atoms with van der Waals surface area (Å²) in [5.41, 5.74) is 4.56. The second kappa shape index (κ2) is 5.49. The average Bonchev–Trinajstić information content (AvgIpc) is 2.38. The Balaban J connectivity index is 2.21. The molecule has 0 spiro atoms. The molecule has 2 heteroatoms. The first-order valence-corrected chi connectivity index (χ1v) is 6.78. The Morgan fingerprint density at radius 1 is 0.900 bits per heavy atom. The van der Waals surface area contributed by atoms with Gasteiger partial charge in [-0.05, 0) is 27.7 Å². The minimum Gasteiger partial charge on any atom is -0.481 e. The lowest BCUT2D eigenvalue weighted by molar-refractivity contribution is -0.136. The van der Waals surface area contributed by atoms with Crippen molar-refractivity contribution in [3.8, 4) is 11.1 Å². The summed E-state index contributed by atoms with van der Waals surface area (Å²) >= 11 is 0. The molecule has 0 aliphatic carbocycles. The average molecular weight is 268 g/mol. The summed E-state index contributed by atoms with van der Waals surface area (Å²) in [6.07, 6.45) is 0.0727. The van der Waals surface area contributed by atoms with Gasteiger partial charge in [0, 0.05) is 0 Å². The van der Waals surface area contributed by atoms with Crippen LogP contribution < -0.4 is 0 Å². The Labute approximate surface area is 120 Å². The number of carboxylic acids is 1. The molecule has 0 aromatic heterocycles. The summed E-state index contributed by atoms with van der Waals surface area (Å²) in [6, 6.07) is 16.2. The van der Waals surface area contributed by atoms with Crippen molar-refractivity contribution < 1.29 is 9.90 Å². The van der Waals surface area contributed by atoms with Crippen LogP contribution in [0.1, 0.15) is 31.9 Å². The lowest BCUT2D eigenvalue weighted by Crippen LogP contribution is -2.10. The van der Waals surface area contributed by atoms with E-state index in [1.807, 2.05) is 24.3 Å². The van der Waals surface area contributed by atoms with Gasteiger partial charge in [-0.2, -0.15) is 0 Å². The molecule has 0 amide bonds. The van der Waals surface area contributed by atoms with Crippen LogP contribution in [0.3, 0.4) is 0 Å². The van der Waals surface area contributed by atoms with E-state index in [1.165, 1.54) is 5.56 Å². The quantitative estimate of drug-likeness (QED) is 0.902. The molecular formula is C18H20O2. The second-order valence-corrected chi connectivity index (χ2v) is 6.09. The Morgan fingerprint density at radius 2 is 1.35 bits per heavy atom. The van der Waals surface area contributed by atoms with E-state index >= 15 is 0 Å². The first kappa shape index (κ1) is 14.3. The minimum absolute atomic E-state index is 0.0727. The van der Waals surface area contributed by atoms with Gasteiger partial charge < -0.3 is 5.11 Å². The monoisotopic (exact) mass is 268 g/mol. The van der Waals surface area contributed by atoms with Crippen molar-refractivity contribution in [3.05, 3.63) is 59.7 Å². The number of carboxylic acid groups (broad SMARTS) is 1. The molecule has 0 aliphatic heterocycles. The Bertz CT molecular complexity index is 587. The van der Waals surface area contributed by atoms with Gasteiger partial charge in [0.05, 0.1) is 6.42 Å². The molecule has 2 aromatic rings. The molecule has 0 heterocycles. The van der Waals surface area contributed by atoms with E-state index in [9.17, 15) is 4.79 Å². The normalized spacial score (nSPS) is 11.3. The molecule has 0 saturated heterocycles. The maximum atomic E-state index is 10.7. The summed E-state index contributed by atoms with van der Waals surface area (Å²) in [7, 11) is 0. The largest absolute Gasteiger partial charge is 0.481 e. The van der Waals surface area contributed by atoms with E-state index in [0.29, 0.717) is 0 Å². The van der Waals surface area contributed by atoms with Crippen LogP contribution in [0, 0.1) is 0 Å². The molecule has 104 valence electrons. The van der Waals surface area contributed by atoms with E-state index < -0.39 is 5.97 Å². The highest BCUT2D eigenvalue weighted by molar-refractivity contribution is 5.71. The maximum absolute atomic E-state index is 10.7. The van der Waals surface area contributed by atoms with Crippen LogP contribution in [0.15, 0.2) is 48.5 Å². The Morgan fingerprint density at radius 3 is 1.75 bits per heavy atom. The maximum Gasteiger partial charge on any atom is 0.307 e. The summed E-state index contributed by atoms with van der Waals surface area (Å²) in [5, 5.41) is 8.76. The van der Waals surface area contributed by atoms with E-state index in [-0.39, 0.29) is 11.8 Å². The zero-order chi connectivity index (χ0) is 14.8. The molecule has 0 atom stereocenters. The van der Waals surface area contributed by atoms with Gasteiger partial charge in [-0.25, -0.2) is 0 Å². The third kappa shape index (κ3) is 3.47. The molecule has 2 nitrogen and oxygen atoms in total. The van der Waals surface area contributed by atoms with Crippen LogP contribution >= 0.6 is 0 Å². The Hall–Kier alpha value is -2.09. The second-order valence-electron chi connectivity index (χ2n) is 6.09. The Kier molecular flexibility index (Phi) is 3.93. The van der Waals surface area contributed by atoms with Crippen LogP contribution in [0.5, 0.6) is 0 Å². The van der Waals surface area contributed by atoms with Gasteiger partial charge in [0.1, 0.15) is 0 Å². The predicted molar refractivity (Wildman–Crippen MR) is 81.9 cm³/mol. The molecule has 0 radical (unpaired) electrons. The lowest BCUT2D eigenvalue weighted by atomic mass is 9.86. The molecule has 2 rings (SSSR count). The summed E-state index contributed by atoms with van der Waals surface area (Å²) < 4.78 is 0. The van der Waals surface area contributed by atoms with Crippen molar-refractivity contribution in [3.63, 3.8) is 0 Å². The van der Waals surface area contributed by atoms with Crippen molar-refractivity contribution in [1.82, 2.24) is 0 Å². The molecule has 2 aromatic carbocycles. The van der Waals surface area contributed by atoms with Gasteiger partial charge in [0.2, 0.25) is 0 Å². The van der Waals surface area contributed by atoms with Crippen LogP contribution in [0.25, 0.3) is 11.1 Å². The summed E-state index contributed by atoms with van der Waals surface area (Å²) in [6.45, 7) is 6.59. The van der Waals surface area contributed by atoms with E-state index in [2.05, 4.69) is 45.0 Å². The van der Waals surface area contributed by atoms with Gasteiger partial charge >= 0.3 is 5.97 Å². The van der Waals surface area contributed by atoms with Crippen molar-refractivity contribution in [1.29, 1.82) is 0 Å². The van der Waals surface area contributed by atoms with Crippen molar-refractivity contribution in [2.75, 3.05) is 0 Å².